The minimum Gasteiger partial charge on any atom is -0.476 e. The van der Waals surface area contributed by atoms with Crippen molar-refractivity contribution >= 4 is 11.7 Å². The lowest BCUT2D eigenvalue weighted by molar-refractivity contribution is 0.0690. The zero-order valence-electron chi connectivity index (χ0n) is 8.40. The van der Waals surface area contributed by atoms with Gasteiger partial charge in [0.15, 0.2) is 5.69 Å². The molecule has 0 saturated heterocycles. The van der Waals surface area contributed by atoms with Gasteiger partial charge in [-0.15, -0.1) is 0 Å². The molecule has 1 unspecified atom stereocenters. The number of anilines is 1. The number of hydrogen-bond acceptors (Lipinski definition) is 3. The van der Waals surface area contributed by atoms with E-state index in [-0.39, 0.29) is 17.4 Å². The average molecular weight is 197 g/mol. The van der Waals surface area contributed by atoms with Crippen molar-refractivity contribution in [3.63, 3.8) is 0 Å². The second kappa shape index (κ2) is 4.13. The van der Waals surface area contributed by atoms with Gasteiger partial charge in [0.2, 0.25) is 0 Å². The maximum atomic E-state index is 10.7. The summed E-state index contributed by atoms with van der Waals surface area (Å²) in [6.45, 7) is 4.06. The number of aromatic nitrogens is 2. The van der Waals surface area contributed by atoms with E-state index >= 15 is 0 Å². The first-order valence-corrected chi connectivity index (χ1v) is 4.64. The Bertz CT molecular complexity index is 333. The SMILES string of the molecule is CCCC(C)n1cc(N)c(C(=O)O)n1. The summed E-state index contributed by atoms with van der Waals surface area (Å²) < 4.78 is 1.61. The Balaban J connectivity index is 2.90. The van der Waals surface area contributed by atoms with E-state index in [1.54, 1.807) is 10.9 Å². The number of rotatable bonds is 4. The summed E-state index contributed by atoms with van der Waals surface area (Å²) in [5.74, 6) is -1.08. The lowest BCUT2D eigenvalue weighted by Gasteiger charge is -2.09. The highest BCUT2D eigenvalue weighted by Gasteiger charge is 2.15. The Morgan fingerprint density at radius 3 is 2.86 bits per heavy atom. The molecule has 14 heavy (non-hydrogen) atoms. The molecule has 1 heterocycles. The van der Waals surface area contributed by atoms with Gasteiger partial charge >= 0.3 is 5.97 Å². The first-order valence-electron chi connectivity index (χ1n) is 4.64. The molecule has 0 aliphatic heterocycles. The van der Waals surface area contributed by atoms with Crippen LogP contribution >= 0.6 is 0 Å². The highest BCUT2D eigenvalue weighted by atomic mass is 16.4. The highest BCUT2D eigenvalue weighted by molar-refractivity contribution is 5.91. The molecule has 3 N–H and O–H groups in total. The molecule has 1 atom stereocenters. The van der Waals surface area contributed by atoms with Crippen LogP contribution in [0.5, 0.6) is 0 Å². The van der Waals surface area contributed by atoms with E-state index in [4.69, 9.17) is 10.8 Å². The van der Waals surface area contributed by atoms with Crippen molar-refractivity contribution in [1.82, 2.24) is 9.78 Å². The normalized spacial score (nSPS) is 12.7. The maximum absolute atomic E-state index is 10.7. The van der Waals surface area contributed by atoms with Crippen LogP contribution < -0.4 is 5.73 Å². The fourth-order valence-corrected chi connectivity index (χ4v) is 1.35. The molecule has 0 aliphatic rings. The van der Waals surface area contributed by atoms with Crippen molar-refractivity contribution in [3.8, 4) is 0 Å². The standard InChI is InChI=1S/C9H15N3O2/c1-3-4-6(2)12-5-7(10)8(11-12)9(13)14/h5-6H,3-4,10H2,1-2H3,(H,13,14). The minimum atomic E-state index is -1.08. The molecule has 0 saturated carbocycles. The van der Waals surface area contributed by atoms with E-state index in [2.05, 4.69) is 12.0 Å². The Kier molecular flexibility index (Phi) is 3.11. The Morgan fingerprint density at radius 2 is 2.43 bits per heavy atom. The summed E-state index contributed by atoms with van der Waals surface area (Å²) in [7, 11) is 0. The van der Waals surface area contributed by atoms with E-state index in [0.717, 1.165) is 12.8 Å². The van der Waals surface area contributed by atoms with Crippen LogP contribution in [0.25, 0.3) is 0 Å². The van der Waals surface area contributed by atoms with Gasteiger partial charge in [0, 0.05) is 12.2 Å². The van der Waals surface area contributed by atoms with Crippen molar-refractivity contribution in [2.75, 3.05) is 5.73 Å². The number of nitrogens with zero attached hydrogens (tertiary/aromatic N) is 2. The summed E-state index contributed by atoms with van der Waals surface area (Å²) in [4.78, 5) is 10.7. The average Bonchev–Trinajstić information content (AvgIpc) is 2.48. The summed E-state index contributed by atoms with van der Waals surface area (Å²) in [6.07, 6.45) is 3.56. The predicted molar refractivity (Wildman–Crippen MR) is 53.2 cm³/mol. The van der Waals surface area contributed by atoms with Gasteiger partial charge in [0.25, 0.3) is 0 Å². The number of carbonyl (C=O) groups is 1. The third-order valence-electron chi connectivity index (χ3n) is 2.12. The Labute approximate surface area is 82.5 Å². The Morgan fingerprint density at radius 1 is 1.79 bits per heavy atom. The van der Waals surface area contributed by atoms with E-state index < -0.39 is 5.97 Å². The van der Waals surface area contributed by atoms with Crippen LogP contribution in [-0.2, 0) is 0 Å². The molecule has 0 spiro atoms. The molecule has 0 fully saturated rings. The third kappa shape index (κ3) is 2.04. The summed E-state index contributed by atoms with van der Waals surface area (Å²) in [5, 5.41) is 12.7. The molecule has 5 heteroatoms. The van der Waals surface area contributed by atoms with Gasteiger partial charge in [-0.25, -0.2) is 4.79 Å². The number of nitrogens with two attached hydrogens (primary N) is 1. The number of carboxylic acids is 1. The quantitative estimate of drug-likeness (QED) is 0.766. The van der Waals surface area contributed by atoms with Crippen molar-refractivity contribution in [2.24, 2.45) is 0 Å². The van der Waals surface area contributed by atoms with Crippen LogP contribution in [-0.4, -0.2) is 20.9 Å². The number of hydrogen-bond donors (Lipinski definition) is 2. The lowest BCUT2D eigenvalue weighted by Crippen LogP contribution is -2.07. The Hall–Kier alpha value is -1.52. The smallest absolute Gasteiger partial charge is 0.358 e. The van der Waals surface area contributed by atoms with Crippen LogP contribution in [0, 0.1) is 0 Å². The van der Waals surface area contributed by atoms with Gasteiger partial charge in [-0.05, 0) is 13.3 Å². The van der Waals surface area contributed by atoms with Crippen molar-refractivity contribution in [3.05, 3.63) is 11.9 Å². The van der Waals surface area contributed by atoms with Gasteiger partial charge in [-0.2, -0.15) is 5.10 Å². The van der Waals surface area contributed by atoms with E-state index in [1.807, 2.05) is 6.92 Å². The first-order chi connectivity index (χ1) is 6.56. The van der Waals surface area contributed by atoms with Gasteiger partial charge < -0.3 is 10.8 Å². The minimum absolute atomic E-state index is 0.0621. The molecule has 5 nitrogen and oxygen atoms in total. The molecular weight excluding hydrogens is 182 g/mol. The molecule has 0 bridgehead atoms. The fourth-order valence-electron chi connectivity index (χ4n) is 1.35. The molecule has 1 aromatic heterocycles. The van der Waals surface area contributed by atoms with Crippen LogP contribution in [0.4, 0.5) is 5.69 Å². The van der Waals surface area contributed by atoms with Crippen molar-refractivity contribution in [2.45, 2.75) is 32.7 Å². The molecule has 0 radical (unpaired) electrons. The number of aromatic carboxylic acids is 1. The molecule has 0 amide bonds. The predicted octanol–water partition coefficient (Wildman–Crippen LogP) is 1.52. The van der Waals surface area contributed by atoms with Crippen LogP contribution in [0.15, 0.2) is 6.20 Å². The van der Waals surface area contributed by atoms with Crippen molar-refractivity contribution in [1.29, 1.82) is 0 Å². The van der Waals surface area contributed by atoms with Crippen LogP contribution in [0.3, 0.4) is 0 Å². The van der Waals surface area contributed by atoms with Gasteiger partial charge in [0.1, 0.15) is 0 Å². The topological polar surface area (TPSA) is 81.1 Å². The number of carboxylic acid groups (broad SMARTS) is 1. The van der Waals surface area contributed by atoms with E-state index in [0.29, 0.717) is 0 Å². The molecule has 0 aromatic carbocycles. The first kappa shape index (κ1) is 10.6. The monoisotopic (exact) mass is 197 g/mol. The molecule has 1 aromatic rings. The molecule has 0 aliphatic carbocycles. The summed E-state index contributed by atoms with van der Waals surface area (Å²) >= 11 is 0. The maximum Gasteiger partial charge on any atom is 0.358 e. The molecule has 1 rings (SSSR count). The largest absolute Gasteiger partial charge is 0.476 e. The molecular formula is C9H15N3O2. The van der Waals surface area contributed by atoms with Crippen molar-refractivity contribution < 1.29 is 9.90 Å². The van der Waals surface area contributed by atoms with E-state index in [9.17, 15) is 4.79 Å². The zero-order chi connectivity index (χ0) is 10.7. The van der Waals surface area contributed by atoms with Gasteiger partial charge in [-0.1, -0.05) is 13.3 Å². The fraction of sp³-hybridized carbons (Fsp3) is 0.556. The molecule has 78 valence electrons. The van der Waals surface area contributed by atoms with Crippen LogP contribution in [0.2, 0.25) is 0 Å². The highest BCUT2D eigenvalue weighted by Crippen LogP contribution is 2.16. The zero-order valence-corrected chi connectivity index (χ0v) is 8.40. The number of nitrogen functional groups attached to an aromatic ring is 1. The lowest BCUT2D eigenvalue weighted by atomic mass is 10.2. The third-order valence-corrected chi connectivity index (χ3v) is 2.12. The van der Waals surface area contributed by atoms with E-state index in [1.165, 1.54) is 0 Å². The van der Waals surface area contributed by atoms with Crippen LogP contribution in [0.1, 0.15) is 43.2 Å². The second-order valence-corrected chi connectivity index (χ2v) is 3.36. The second-order valence-electron chi connectivity index (χ2n) is 3.36. The summed E-state index contributed by atoms with van der Waals surface area (Å²) in [5.41, 5.74) is 5.67. The van der Waals surface area contributed by atoms with Gasteiger partial charge in [0.05, 0.1) is 5.69 Å². The summed E-state index contributed by atoms with van der Waals surface area (Å²) in [6, 6.07) is 0.190. The van der Waals surface area contributed by atoms with Gasteiger partial charge in [-0.3, -0.25) is 4.68 Å².